The van der Waals surface area contributed by atoms with Crippen LogP contribution in [0, 0.1) is 0 Å². The zero-order chi connectivity index (χ0) is 29.2. The van der Waals surface area contributed by atoms with Crippen molar-refractivity contribution >= 4 is 17.7 Å². The van der Waals surface area contributed by atoms with Gasteiger partial charge in [0.1, 0.15) is 0 Å². The van der Waals surface area contributed by atoms with Gasteiger partial charge in [-0.15, -0.1) is 0 Å². The summed E-state index contributed by atoms with van der Waals surface area (Å²) < 4.78 is 0. The smallest absolute Gasteiger partial charge is 0.251 e. The first-order valence-corrected chi connectivity index (χ1v) is 12.2. The summed E-state index contributed by atoms with van der Waals surface area (Å²) in [7, 11) is 0. The Morgan fingerprint density at radius 2 is 0.750 bits per heavy atom. The molecule has 0 spiro atoms. The van der Waals surface area contributed by atoms with E-state index >= 15 is 0 Å². The van der Waals surface area contributed by atoms with Gasteiger partial charge in [-0.2, -0.15) is 0 Å². The molecule has 3 amide bonds. The highest BCUT2D eigenvalue weighted by Gasteiger charge is 2.13. The first-order chi connectivity index (χ1) is 19.0. The first kappa shape index (κ1) is 29.4. The van der Waals surface area contributed by atoms with E-state index < -0.39 is 35.0 Å². The molecule has 0 saturated heterocycles. The van der Waals surface area contributed by atoms with Crippen molar-refractivity contribution in [2.45, 2.75) is 0 Å². The summed E-state index contributed by atoms with van der Waals surface area (Å²) in [5.41, 5.74) is 0.446. The summed E-state index contributed by atoms with van der Waals surface area (Å²) in [5.74, 6) is -3.76. The van der Waals surface area contributed by atoms with Gasteiger partial charge in [-0.3, -0.25) is 19.3 Å². The molecule has 0 radical (unpaired) electrons. The van der Waals surface area contributed by atoms with Gasteiger partial charge in [0.25, 0.3) is 17.7 Å². The quantitative estimate of drug-likeness (QED) is 0.144. The summed E-state index contributed by atoms with van der Waals surface area (Å²) in [5, 5.41) is 65.2. The lowest BCUT2D eigenvalue weighted by molar-refractivity contribution is 0.0948. The molecule has 40 heavy (non-hydrogen) atoms. The molecule has 0 fully saturated rings. The van der Waals surface area contributed by atoms with E-state index in [0.717, 1.165) is 18.2 Å². The Morgan fingerprint density at radius 1 is 0.475 bits per heavy atom. The maximum Gasteiger partial charge on any atom is 0.251 e. The van der Waals surface area contributed by atoms with E-state index in [9.17, 15) is 45.0 Å². The number of rotatable bonds is 12. The number of phenols is 6. The van der Waals surface area contributed by atoms with Crippen LogP contribution in [0.15, 0.2) is 54.6 Å². The second kappa shape index (κ2) is 13.6. The van der Waals surface area contributed by atoms with Crippen molar-refractivity contribution in [2.24, 2.45) is 0 Å². The molecule has 0 atom stereocenters. The molecule has 9 N–H and O–H groups in total. The van der Waals surface area contributed by atoms with Crippen molar-refractivity contribution in [3.63, 3.8) is 0 Å². The normalized spacial score (nSPS) is 10.7. The minimum absolute atomic E-state index is 0.149. The van der Waals surface area contributed by atoms with E-state index in [0.29, 0.717) is 19.6 Å². The van der Waals surface area contributed by atoms with Crippen LogP contribution in [0.4, 0.5) is 0 Å². The van der Waals surface area contributed by atoms with Gasteiger partial charge < -0.3 is 46.6 Å². The Balaban J connectivity index is 1.55. The molecule has 212 valence electrons. The standard InChI is InChI=1S/C27H30N4O9/c32-19-4-1-16(13-22(19)35)25(38)28-7-10-31(11-8-29-26(39)17-2-5-20(33)23(36)14-17)12-9-30-27(40)18-3-6-21(34)24(37)15-18/h1-6,13-15,32-37H,7-12H2,(H,28,38)(H,29,39)(H,30,40). The Labute approximate surface area is 228 Å². The average Bonchev–Trinajstić information content (AvgIpc) is 2.92. The van der Waals surface area contributed by atoms with Gasteiger partial charge in [0, 0.05) is 56.0 Å². The molecule has 3 aromatic rings. The van der Waals surface area contributed by atoms with Crippen LogP contribution in [-0.2, 0) is 0 Å². The molecule has 0 bridgehead atoms. The fourth-order valence-corrected chi connectivity index (χ4v) is 3.62. The highest BCUT2D eigenvalue weighted by Crippen LogP contribution is 2.26. The highest BCUT2D eigenvalue weighted by atomic mass is 16.3. The molecule has 0 heterocycles. The van der Waals surface area contributed by atoms with E-state index in [1.165, 1.54) is 36.4 Å². The number of hydrogen-bond donors (Lipinski definition) is 9. The van der Waals surface area contributed by atoms with Crippen LogP contribution in [0.25, 0.3) is 0 Å². The minimum Gasteiger partial charge on any atom is -0.504 e. The van der Waals surface area contributed by atoms with Crippen molar-refractivity contribution < 1.29 is 45.0 Å². The fourth-order valence-electron chi connectivity index (χ4n) is 3.62. The molecule has 3 rings (SSSR count). The lowest BCUT2D eigenvalue weighted by atomic mass is 10.2. The number of phenolic OH excluding ortho intramolecular Hbond substituents is 6. The van der Waals surface area contributed by atoms with Crippen molar-refractivity contribution in [1.82, 2.24) is 20.9 Å². The van der Waals surface area contributed by atoms with Crippen LogP contribution in [0.5, 0.6) is 34.5 Å². The van der Waals surface area contributed by atoms with Crippen LogP contribution in [0.3, 0.4) is 0 Å². The fraction of sp³-hybridized carbons (Fsp3) is 0.222. The maximum absolute atomic E-state index is 12.4. The average molecular weight is 555 g/mol. The van der Waals surface area contributed by atoms with Gasteiger partial charge in [0.15, 0.2) is 34.5 Å². The zero-order valence-electron chi connectivity index (χ0n) is 21.3. The van der Waals surface area contributed by atoms with Crippen molar-refractivity contribution in [1.29, 1.82) is 0 Å². The second-order valence-corrected chi connectivity index (χ2v) is 8.72. The predicted octanol–water partition coefficient (Wildman–Crippen LogP) is 0.812. The Bertz CT molecular complexity index is 1210. The molecule has 13 nitrogen and oxygen atoms in total. The minimum atomic E-state index is -0.476. The van der Waals surface area contributed by atoms with E-state index in [4.69, 9.17) is 0 Å². The molecule has 0 aromatic heterocycles. The third-order valence-corrected chi connectivity index (χ3v) is 5.85. The summed E-state index contributed by atoms with van der Waals surface area (Å²) in [6.07, 6.45) is 0. The number of hydrogen-bond acceptors (Lipinski definition) is 10. The Kier molecular flexibility index (Phi) is 9.97. The summed E-state index contributed by atoms with van der Waals surface area (Å²) in [6.45, 7) is 1.50. The summed E-state index contributed by atoms with van der Waals surface area (Å²) in [6, 6.07) is 11.1. The molecule has 3 aromatic carbocycles. The third kappa shape index (κ3) is 8.16. The molecule has 13 heteroatoms. The topological polar surface area (TPSA) is 212 Å². The second-order valence-electron chi connectivity index (χ2n) is 8.72. The molecule has 0 unspecified atom stereocenters. The number of nitrogens with zero attached hydrogens (tertiary/aromatic N) is 1. The van der Waals surface area contributed by atoms with Gasteiger partial charge in [-0.25, -0.2) is 0 Å². The lowest BCUT2D eigenvalue weighted by Crippen LogP contribution is -2.43. The van der Waals surface area contributed by atoms with Crippen molar-refractivity contribution in [3.05, 3.63) is 71.3 Å². The Morgan fingerprint density at radius 3 is 1.00 bits per heavy atom. The van der Waals surface area contributed by atoms with E-state index in [-0.39, 0.29) is 53.6 Å². The third-order valence-electron chi connectivity index (χ3n) is 5.85. The monoisotopic (exact) mass is 554 g/mol. The number of benzene rings is 3. The van der Waals surface area contributed by atoms with Crippen LogP contribution in [0.2, 0.25) is 0 Å². The van der Waals surface area contributed by atoms with Gasteiger partial charge in [-0.05, 0) is 54.6 Å². The van der Waals surface area contributed by atoms with Crippen LogP contribution in [0.1, 0.15) is 31.1 Å². The van der Waals surface area contributed by atoms with Gasteiger partial charge in [0.05, 0.1) is 0 Å². The van der Waals surface area contributed by atoms with E-state index in [1.54, 1.807) is 0 Å². The van der Waals surface area contributed by atoms with Crippen LogP contribution < -0.4 is 16.0 Å². The van der Waals surface area contributed by atoms with Gasteiger partial charge in [-0.1, -0.05) is 0 Å². The predicted molar refractivity (Wildman–Crippen MR) is 143 cm³/mol. The van der Waals surface area contributed by atoms with Crippen molar-refractivity contribution in [3.8, 4) is 34.5 Å². The number of aromatic hydroxyl groups is 6. The number of carbonyl (C=O) groups is 3. The van der Waals surface area contributed by atoms with E-state index in [1.807, 2.05) is 4.90 Å². The lowest BCUT2D eigenvalue weighted by Gasteiger charge is -2.23. The Hall–Kier alpha value is -5.17. The summed E-state index contributed by atoms with van der Waals surface area (Å²) in [4.78, 5) is 39.1. The summed E-state index contributed by atoms with van der Waals surface area (Å²) >= 11 is 0. The highest BCUT2D eigenvalue weighted by molar-refractivity contribution is 5.96. The number of amides is 3. The molecule has 0 aliphatic carbocycles. The van der Waals surface area contributed by atoms with Crippen LogP contribution >= 0.6 is 0 Å². The molecular weight excluding hydrogens is 524 g/mol. The van der Waals surface area contributed by atoms with Crippen molar-refractivity contribution in [2.75, 3.05) is 39.3 Å². The molecule has 0 aliphatic rings. The largest absolute Gasteiger partial charge is 0.504 e. The molecular formula is C27H30N4O9. The van der Waals surface area contributed by atoms with Gasteiger partial charge in [0.2, 0.25) is 0 Å². The maximum atomic E-state index is 12.4. The molecule has 0 saturated carbocycles. The number of carbonyl (C=O) groups excluding carboxylic acids is 3. The molecule has 0 aliphatic heterocycles. The first-order valence-electron chi connectivity index (χ1n) is 12.2. The van der Waals surface area contributed by atoms with E-state index in [2.05, 4.69) is 16.0 Å². The number of nitrogens with one attached hydrogen (secondary N) is 3. The van der Waals surface area contributed by atoms with Gasteiger partial charge >= 0.3 is 0 Å². The SMILES string of the molecule is O=C(NCCN(CCNC(=O)c1ccc(O)c(O)c1)CCNC(=O)c1ccc(O)c(O)c1)c1ccc(O)c(O)c1. The zero-order valence-corrected chi connectivity index (χ0v) is 21.3. The van der Waals surface area contributed by atoms with Crippen LogP contribution in [-0.4, -0.2) is 92.5 Å².